The zero-order valence-corrected chi connectivity index (χ0v) is 9.01. The van der Waals surface area contributed by atoms with Gasteiger partial charge < -0.3 is 4.90 Å². The Labute approximate surface area is 82.3 Å². The van der Waals surface area contributed by atoms with Gasteiger partial charge in [0.15, 0.2) is 0 Å². The third-order valence-electron chi connectivity index (χ3n) is 2.02. The Morgan fingerprint density at radius 1 is 1.23 bits per heavy atom. The lowest BCUT2D eigenvalue weighted by Crippen LogP contribution is -2.32. The minimum Gasteiger partial charge on any atom is -0.343 e. The number of nitrogens with zero attached hydrogens (tertiary/aromatic N) is 1. The smallest absolute Gasteiger partial charge is 0.222 e. The van der Waals surface area contributed by atoms with E-state index in [1.54, 1.807) is 0 Å². The summed E-state index contributed by atoms with van der Waals surface area (Å²) >= 11 is 0. The van der Waals surface area contributed by atoms with E-state index in [4.69, 9.17) is 0 Å². The van der Waals surface area contributed by atoms with E-state index in [9.17, 15) is 4.79 Å². The van der Waals surface area contributed by atoms with Gasteiger partial charge in [0.25, 0.3) is 0 Å². The van der Waals surface area contributed by atoms with Crippen molar-refractivity contribution in [2.75, 3.05) is 13.1 Å². The van der Waals surface area contributed by atoms with Crippen LogP contribution in [-0.2, 0) is 4.79 Å². The van der Waals surface area contributed by atoms with Gasteiger partial charge in [-0.1, -0.05) is 27.2 Å². The summed E-state index contributed by atoms with van der Waals surface area (Å²) in [4.78, 5) is 13.5. The Morgan fingerprint density at radius 3 is 2.38 bits per heavy atom. The van der Waals surface area contributed by atoms with E-state index < -0.39 is 0 Å². The number of carbonyl (C=O) groups excluding carboxylic acids is 1. The van der Waals surface area contributed by atoms with Gasteiger partial charge in [0, 0.05) is 19.5 Å². The molecule has 0 atom stereocenters. The molecule has 0 aromatic carbocycles. The highest BCUT2D eigenvalue weighted by Crippen LogP contribution is 2.01. The van der Waals surface area contributed by atoms with Crippen molar-refractivity contribution in [3.63, 3.8) is 0 Å². The number of hydrogen-bond acceptors (Lipinski definition) is 1. The van der Waals surface area contributed by atoms with Gasteiger partial charge in [-0.2, -0.15) is 0 Å². The van der Waals surface area contributed by atoms with Gasteiger partial charge in [-0.3, -0.25) is 4.79 Å². The molecule has 77 valence electrons. The SMILES string of the molecule is [CH2]CCC(=O)N(CCC)CCCC. The quantitative estimate of drug-likeness (QED) is 0.595. The third-order valence-corrected chi connectivity index (χ3v) is 2.02. The van der Waals surface area contributed by atoms with Crippen molar-refractivity contribution in [2.45, 2.75) is 46.0 Å². The molecule has 0 aliphatic rings. The molecule has 0 saturated carbocycles. The van der Waals surface area contributed by atoms with E-state index in [2.05, 4.69) is 20.8 Å². The van der Waals surface area contributed by atoms with E-state index in [1.807, 2.05) is 4.90 Å². The van der Waals surface area contributed by atoms with Crippen molar-refractivity contribution < 1.29 is 4.79 Å². The van der Waals surface area contributed by atoms with Crippen LogP contribution in [0, 0.1) is 6.92 Å². The molecule has 0 heterocycles. The minimum atomic E-state index is 0.269. The first kappa shape index (κ1) is 12.5. The van der Waals surface area contributed by atoms with Crippen molar-refractivity contribution in [1.82, 2.24) is 4.90 Å². The second-order valence-corrected chi connectivity index (χ2v) is 3.34. The summed E-state index contributed by atoms with van der Waals surface area (Å²) in [5.74, 6) is 0.269. The van der Waals surface area contributed by atoms with E-state index in [1.165, 1.54) is 0 Å². The molecule has 0 fully saturated rings. The zero-order chi connectivity index (χ0) is 10.1. The van der Waals surface area contributed by atoms with Crippen LogP contribution < -0.4 is 0 Å². The topological polar surface area (TPSA) is 20.3 Å². The summed E-state index contributed by atoms with van der Waals surface area (Å²) in [6.45, 7) is 9.78. The first-order chi connectivity index (χ1) is 6.26. The maximum absolute atomic E-state index is 11.5. The molecular weight excluding hydrogens is 162 g/mol. The zero-order valence-electron chi connectivity index (χ0n) is 9.01. The number of unbranched alkanes of at least 4 members (excludes halogenated alkanes) is 1. The van der Waals surface area contributed by atoms with Crippen molar-refractivity contribution in [3.05, 3.63) is 6.92 Å². The van der Waals surface area contributed by atoms with Crippen LogP contribution in [0.3, 0.4) is 0 Å². The van der Waals surface area contributed by atoms with Gasteiger partial charge in [-0.25, -0.2) is 0 Å². The van der Waals surface area contributed by atoms with Crippen LogP contribution in [0.25, 0.3) is 0 Å². The van der Waals surface area contributed by atoms with Crippen molar-refractivity contribution in [1.29, 1.82) is 0 Å². The molecule has 0 rings (SSSR count). The molecule has 0 saturated heterocycles. The molecule has 2 heteroatoms. The highest BCUT2D eigenvalue weighted by molar-refractivity contribution is 5.76. The van der Waals surface area contributed by atoms with Crippen LogP contribution in [-0.4, -0.2) is 23.9 Å². The molecule has 0 spiro atoms. The first-order valence-electron chi connectivity index (χ1n) is 5.33. The summed E-state index contributed by atoms with van der Waals surface area (Å²) in [5.41, 5.74) is 0. The predicted molar refractivity (Wildman–Crippen MR) is 56.4 cm³/mol. The third kappa shape index (κ3) is 5.67. The number of carbonyl (C=O) groups is 1. The average Bonchev–Trinajstić information content (AvgIpc) is 2.12. The normalized spacial score (nSPS) is 10.1. The molecule has 1 amide bonds. The van der Waals surface area contributed by atoms with Gasteiger partial charge in [-0.15, -0.1) is 0 Å². The molecule has 1 radical (unpaired) electrons. The monoisotopic (exact) mass is 184 g/mol. The fraction of sp³-hybridized carbons (Fsp3) is 0.818. The first-order valence-corrected chi connectivity index (χ1v) is 5.33. The number of amides is 1. The highest BCUT2D eigenvalue weighted by atomic mass is 16.2. The largest absolute Gasteiger partial charge is 0.343 e. The average molecular weight is 184 g/mol. The Bertz CT molecular complexity index is 134. The van der Waals surface area contributed by atoms with Crippen molar-refractivity contribution in [2.24, 2.45) is 0 Å². The maximum Gasteiger partial charge on any atom is 0.222 e. The number of rotatable bonds is 7. The summed E-state index contributed by atoms with van der Waals surface area (Å²) in [5, 5.41) is 0. The second-order valence-electron chi connectivity index (χ2n) is 3.34. The maximum atomic E-state index is 11.5. The Kier molecular flexibility index (Phi) is 7.76. The minimum absolute atomic E-state index is 0.269. The molecule has 0 aromatic rings. The van der Waals surface area contributed by atoms with Crippen LogP contribution in [0.2, 0.25) is 0 Å². The Morgan fingerprint density at radius 2 is 1.92 bits per heavy atom. The predicted octanol–water partition coefficient (Wildman–Crippen LogP) is 2.64. The molecule has 2 nitrogen and oxygen atoms in total. The number of hydrogen-bond donors (Lipinski definition) is 0. The summed E-state index contributed by atoms with van der Waals surface area (Å²) in [7, 11) is 0. The van der Waals surface area contributed by atoms with Gasteiger partial charge in [0.1, 0.15) is 0 Å². The van der Waals surface area contributed by atoms with Gasteiger partial charge in [-0.05, 0) is 19.3 Å². The molecule has 0 bridgehead atoms. The van der Waals surface area contributed by atoms with Gasteiger partial charge in [0.2, 0.25) is 5.91 Å². The lowest BCUT2D eigenvalue weighted by molar-refractivity contribution is -0.131. The van der Waals surface area contributed by atoms with Gasteiger partial charge >= 0.3 is 0 Å². The van der Waals surface area contributed by atoms with Crippen LogP contribution >= 0.6 is 0 Å². The lowest BCUT2D eigenvalue weighted by Gasteiger charge is -2.21. The van der Waals surface area contributed by atoms with E-state index in [0.29, 0.717) is 12.8 Å². The van der Waals surface area contributed by atoms with Crippen LogP contribution in [0.5, 0.6) is 0 Å². The summed E-state index contributed by atoms with van der Waals surface area (Å²) in [6, 6.07) is 0. The van der Waals surface area contributed by atoms with Crippen molar-refractivity contribution >= 4 is 5.91 Å². The van der Waals surface area contributed by atoms with Crippen LogP contribution in [0.1, 0.15) is 46.0 Å². The van der Waals surface area contributed by atoms with Crippen molar-refractivity contribution in [3.8, 4) is 0 Å². The van der Waals surface area contributed by atoms with Gasteiger partial charge in [0.05, 0.1) is 0 Å². The molecule has 0 unspecified atom stereocenters. The molecule has 0 aliphatic carbocycles. The molecule has 0 aliphatic heterocycles. The standard InChI is InChI=1S/C11H22NO/c1-4-7-10-12(9-6-3)11(13)8-5-2/h2,4-10H2,1,3H3. The van der Waals surface area contributed by atoms with Crippen LogP contribution in [0.4, 0.5) is 0 Å². The van der Waals surface area contributed by atoms with E-state index in [0.717, 1.165) is 32.4 Å². The Balaban J connectivity index is 3.83. The lowest BCUT2D eigenvalue weighted by atomic mass is 10.2. The van der Waals surface area contributed by atoms with E-state index >= 15 is 0 Å². The second kappa shape index (κ2) is 8.09. The molecule has 0 N–H and O–H groups in total. The van der Waals surface area contributed by atoms with E-state index in [-0.39, 0.29) is 5.91 Å². The van der Waals surface area contributed by atoms with Crippen LogP contribution in [0.15, 0.2) is 0 Å². The molecule has 13 heavy (non-hydrogen) atoms. The molecule has 0 aromatic heterocycles. The molecular formula is C11H22NO. The highest BCUT2D eigenvalue weighted by Gasteiger charge is 2.09. The fourth-order valence-corrected chi connectivity index (χ4v) is 1.29. The summed E-state index contributed by atoms with van der Waals surface area (Å²) < 4.78 is 0. The summed E-state index contributed by atoms with van der Waals surface area (Å²) in [6.07, 6.45) is 4.63. The Hall–Kier alpha value is -0.530. The fourth-order valence-electron chi connectivity index (χ4n) is 1.29.